The Bertz CT molecular complexity index is 423. The van der Waals surface area contributed by atoms with Crippen molar-refractivity contribution in [3.8, 4) is 0 Å². The zero-order chi connectivity index (χ0) is 15.1. The molecule has 2 saturated heterocycles. The van der Waals surface area contributed by atoms with Gasteiger partial charge in [0.2, 0.25) is 11.8 Å². The molecule has 0 aromatic heterocycles. The van der Waals surface area contributed by atoms with E-state index in [0.717, 1.165) is 0 Å². The van der Waals surface area contributed by atoms with Crippen LogP contribution >= 0.6 is 0 Å². The van der Waals surface area contributed by atoms with Gasteiger partial charge in [0.15, 0.2) is 0 Å². The Hall–Kier alpha value is -1.31. The average molecular weight is 294 g/mol. The minimum Gasteiger partial charge on any atom is -0.388 e. The lowest BCUT2D eigenvalue weighted by Crippen LogP contribution is -2.39. The third-order valence-corrected chi connectivity index (χ3v) is 3.70. The molecule has 0 radical (unpaired) electrons. The monoisotopic (exact) mass is 294 g/mol. The molecular formula is C12H17F3N2O3. The van der Waals surface area contributed by atoms with Gasteiger partial charge in [0.25, 0.3) is 0 Å². The summed E-state index contributed by atoms with van der Waals surface area (Å²) in [5.41, 5.74) is -0.954. The maximum Gasteiger partial charge on any atom is 0.406 e. The zero-order valence-corrected chi connectivity index (χ0v) is 11.1. The van der Waals surface area contributed by atoms with Gasteiger partial charge < -0.3 is 14.9 Å². The largest absolute Gasteiger partial charge is 0.406 e. The topological polar surface area (TPSA) is 60.9 Å². The lowest BCUT2D eigenvalue weighted by Gasteiger charge is -2.22. The molecule has 2 heterocycles. The number of halogens is 3. The maximum absolute atomic E-state index is 12.3. The van der Waals surface area contributed by atoms with Crippen molar-refractivity contribution in [1.82, 2.24) is 9.80 Å². The highest BCUT2D eigenvalue weighted by atomic mass is 19.4. The molecule has 2 unspecified atom stereocenters. The molecule has 20 heavy (non-hydrogen) atoms. The second-order valence-electron chi connectivity index (χ2n) is 5.80. The summed E-state index contributed by atoms with van der Waals surface area (Å²) < 4.78 is 36.9. The van der Waals surface area contributed by atoms with Crippen LogP contribution in [-0.2, 0) is 9.59 Å². The fraction of sp³-hybridized carbons (Fsp3) is 0.833. The molecule has 2 rings (SSSR count). The second kappa shape index (κ2) is 4.91. The first kappa shape index (κ1) is 15.1. The number of rotatable bonds is 2. The first-order chi connectivity index (χ1) is 9.07. The first-order valence-electron chi connectivity index (χ1n) is 6.43. The number of nitrogens with zero attached hydrogens (tertiary/aromatic N) is 2. The van der Waals surface area contributed by atoms with E-state index in [0.29, 0.717) is 17.9 Å². The summed E-state index contributed by atoms with van der Waals surface area (Å²) in [4.78, 5) is 25.8. The van der Waals surface area contributed by atoms with Gasteiger partial charge in [-0.15, -0.1) is 0 Å². The summed E-state index contributed by atoms with van der Waals surface area (Å²) in [6.45, 7) is 0.630. The van der Waals surface area contributed by atoms with Crippen LogP contribution in [0.4, 0.5) is 13.2 Å². The molecule has 8 heteroatoms. The highest BCUT2D eigenvalue weighted by Crippen LogP contribution is 2.28. The molecule has 2 fully saturated rings. The van der Waals surface area contributed by atoms with Gasteiger partial charge in [-0.25, -0.2) is 0 Å². The van der Waals surface area contributed by atoms with Crippen molar-refractivity contribution in [2.75, 3.05) is 26.2 Å². The summed E-state index contributed by atoms with van der Waals surface area (Å²) in [7, 11) is 0. The minimum absolute atomic E-state index is 0.162. The Kier molecular flexibility index (Phi) is 3.70. The molecule has 0 aromatic rings. The molecule has 0 spiro atoms. The van der Waals surface area contributed by atoms with Crippen LogP contribution < -0.4 is 0 Å². The van der Waals surface area contributed by atoms with E-state index in [2.05, 4.69) is 0 Å². The standard InChI is InChI=1S/C12H17F3N2O3/c1-11(20)2-3-16(6-11)10(19)8-4-9(18)17(5-8)7-12(13,14)15/h8,20H,2-7H2,1H3. The van der Waals surface area contributed by atoms with Gasteiger partial charge in [-0.1, -0.05) is 0 Å². The molecule has 2 atom stereocenters. The van der Waals surface area contributed by atoms with Crippen LogP contribution in [0.2, 0.25) is 0 Å². The predicted molar refractivity (Wildman–Crippen MR) is 62.6 cm³/mol. The summed E-state index contributed by atoms with van der Waals surface area (Å²) in [6.07, 6.45) is -4.20. The molecule has 1 N–H and O–H groups in total. The molecule has 5 nitrogen and oxygen atoms in total. The number of hydrogen-bond acceptors (Lipinski definition) is 3. The summed E-state index contributed by atoms with van der Waals surface area (Å²) in [5, 5.41) is 9.79. The smallest absolute Gasteiger partial charge is 0.388 e. The maximum atomic E-state index is 12.3. The Morgan fingerprint density at radius 3 is 2.65 bits per heavy atom. The number of amides is 2. The van der Waals surface area contributed by atoms with Crippen molar-refractivity contribution in [1.29, 1.82) is 0 Å². The summed E-state index contributed by atoms with van der Waals surface area (Å²) >= 11 is 0. The lowest BCUT2D eigenvalue weighted by atomic mass is 10.1. The number of carbonyl (C=O) groups is 2. The lowest BCUT2D eigenvalue weighted by molar-refractivity contribution is -0.157. The van der Waals surface area contributed by atoms with E-state index >= 15 is 0 Å². The molecule has 114 valence electrons. The van der Waals surface area contributed by atoms with Crippen LogP contribution in [0, 0.1) is 5.92 Å². The van der Waals surface area contributed by atoms with Crippen molar-refractivity contribution in [3.63, 3.8) is 0 Å². The van der Waals surface area contributed by atoms with Crippen LogP contribution in [0.15, 0.2) is 0 Å². The van der Waals surface area contributed by atoms with Gasteiger partial charge >= 0.3 is 6.18 Å². The highest BCUT2D eigenvalue weighted by molar-refractivity contribution is 5.89. The van der Waals surface area contributed by atoms with Crippen molar-refractivity contribution < 1.29 is 27.9 Å². The fourth-order valence-corrected chi connectivity index (χ4v) is 2.70. The third-order valence-electron chi connectivity index (χ3n) is 3.70. The summed E-state index contributed by atoms with van der Waals surface area (Å²) in [5.74, 6) is -1.73. The average Bonchev–Trinajstić information content (AvgIpc) is 2.80. The van der Waals surface area contributed by atoms with Gasteiger partial charge in [-0.3, -0.25) is 9.59 Å². The zero-order valence-electron chi connectivity index (χ0n) is 11.1. The predicted octanol–water partition coefficient (Wildman–Crippen LogP) is 0.380. The van der Waals surface area contributed by atoms with Crippen LogP contribution in [0.3, 0.4) is 0 Å². The van der Waals surface area contributed by atoms with Gasteiger partial charge in [0.05, 0.1) is 11.5 Å². The Morgan fingerprint density at radius 2 is 2.15 bits per heavy atom. The third kappa shape index (κ3) is 3.41. The Balaban J connectivity index is 1.95. The number of hydrogen-bond donors (Lipinski definition) is 1. The van der Waals surface area contributed by atoms with E-state index in [4.69, 9.17) is 0 Å². The number of likely N-dealkylation sites (tertiary alicyclic amines) is 2. The van der Waals surface area contributed by atoms with E-state index in [1.807, 2.05) is 0 Å². The number of β-amino-alcohol motifs (C(OH)–C–C–N with tert-alkyl or cyclic N) is 1. The normalized spacial score (nSPS) is 31.2. The molecule has 0 aromatic carbocycles. The molecule has 0 aliphatic carbocycles. The van der Waals surface area contributed by atoms with E-state index in [-0.39, 0.29) is 25.4 Å². The van der Waals surface area contributed by atoms with Gasteiger partial charge in [0.1, 0.15) is 6.54 Å². The number of carbonyl (C=O) groups excluding carboxylic acids is 2. The SMILES string of the molecule is CC1(O)CCN(C(=O)C2CC(=O)N(CC(F)(F)F)C2)C1. The second-order valence-corrected chi connectivity index (χ2v) is 5.80. The van der Waals surface area contributed by atoms with E-state index < -0.39 is 30.1 Å². The highest BCUT2D eigenvalue weighted by Gasteiger charge is 2.43. The molecule has 0 bridgehead atoms. The van der Waals surface area contributed by atoms with Crippen LogP contribution in [0.1, 0.15) is 19.8 Å². The number of aliphatic hydroxyl groups is 1. The molecule has 0 saturated carbocycles. The van der Waals surface area contributed by atoms with Crippen LogP contribution in [0.25, 0.3) is 0 Å². The van der Waals surface area contributed by atoms with E-state index in [1.165, 1.54) is 4.90 Å². The van der Waals surface area contributed by atoms with Gasteiger partial charge in [0, 0.05) is 26.1 Å². The van der Waals surface area contributed by atoms with E-state index in [9.17, 15) is 27.9 Å². The minimum atomic E-state index is -4.45. The van der Waals surface area contributed by atoms with Crippen molar-refractivity contribution >= 4 is 11.8 Å². The van der Waals surface area contributed by atoms with Crippen molar-refractivity contribution in [2.45, 2.75) is 31.5 Å². The molecule has 2 aliphatic rings. The fourth-order valence-electron chi connectivity index (χ4n) is 2.70. The summed E-state index contributed by atoms with van der Waals surface area (Å²) in [6, 6.07) is 0. The first-order valence-corrected chi connectivity index (χ1v) is 6.43. The quantitative estimate of drug-likeness (QED) is 0.801. The van der Waals surface area contributed by atoms with E-state index in [1.54, 1.807) is 6.92 Å². The Labute approximate surface area is 114 Å². The molecular weight excluding hydrogens is 277 g/mol. The van der Waals surface area contributed by atoms with Gasteiger partial charge in [-0.2, -0.15) is 13.2 Å². The number of alkyl halides is 3. The Morgan fingerprint density at radius 1 is 1.50 bits per heavy atom. The van der Waals surface area contributed by atoms with Crippen LogP contribution in [0.5, 0.6) is 0 Å². The van der Waals surface area contributed by atoms with Gasteiger partial charge in [-0.05, 0) is 13.3 Å². The molecule has 2 amide bonds. The van der Waals surface area contributed by atoms with Crippen molar-refractivity contribution in [3.05, 3.63) is 0 Å². The molecule has 2 aliphatic heterocycles. The van der Waals surface area contributed by atoms with Crippen molar-refractivity contribution in [2.24, 2.45) is 5.92 Å². The van der Waals surface area contributed by atoms with Crippen LogP contribution in [-0.4, -0.2) is 64.7 Å².